The fourth-order valence-corrected chi connectivity index (χ4v) is 3.19. The van der Waals surface area contributed by atoms with Crippen molar-refractivity contribution in [3.05, 3.63) is 52.1 Å². The molecule has 1 unspecified atom stereocenters. The zero-order valence-corrected chi connectivity index (χ0v) is 17.1. The van der Waals surface area contributed by atoms with Gasteiger partial charge in [-0.2, -0.15) is 28.6 Å². The van der Waals surface area contributed by atoms with Crippen LogP contribution >= 0.6 is 15.9 Å². The van der Waals surface area contributed by atoms with Crippen molar-refractivity contribution in [1.82, 2.24) is 30.7 Å². The zero-order chi connectivity index (χ0) is 21.7. The van der Waals surface area contributed by atoms with Gasteiger partial charge >= 0.3 is 12.1 Å². The Kier molecular flexibility index (Phi) is 6.87. The summed E-state index contributed by atoms with van der Waals surface area (Å²) < 4.78 is 32.8. The Morgan fingerprint density at radius 3 is 2.57 bits per heavy atom. The van der Waals surface area contributed by atoms with Crippen LogP contribution in [-0.4, -0.2) is 48.7 Å². The van der Waals surface area contributed by atoms with Crippen molar-refractivity contribution in [3.63, 3.8) is 0 Å². The number of imidazole rings is 1. The molecule has 0 aliphatic heterocycles. The molecule has 160 valence electrons. The molecule has 0 bridgehead atoms. The quantitative estimate of drug-likeness (QED) is 0.449. The van der Waals surface area contributed by atoms with E-state index in [0.717, 1.165) is 58.7 Å². The van der Waals surface area contributed by atoms with E-state index in [1.54, 1.807) is 0 Å². The number of aromatic nitrogens is 5. The van der Waals surface area contributed by atoms with Gasteiger partial charge in [-0.15, -0.1) is 0 Å². The van der Waals surface area contributed by atoms with E-state index in [9.17, 15) is 13.2 Å². The third kappa shape index (κ3) is 5.89. The Morgan fingerprint density at radius 2 is 1.90 bits per heavy atom. The van der Waals surface area contributed by atoms with E-state index in [1.807, 2.05) is 18.3 Å². The number of aliphatic carboxylic acids is 1. The van der Waals surface area contributed by atoms with Crippen LogP contribution in [0.5, 0.6) is 0 Å². The number of nitrogens with one attached hydrogen (secondary N) is 3. The first-order valence-corrected chi connectivity index (χ1v) is 9.73. The van der Waals surface area contributed by atoms with Crippen molar-refractivity contribution in [2.45, 2.75) is 38.0 Å². The van der Waals surface area contributed by atoms with Gasteiger partial charge in [0.25, 0.3) is 0 Å². The van der Waals surface area contributed by atoms with E-state index in [-0.39, 0.29) is 0 Å². The Balaban J connectivity index is 0.000000318. The molecule has 0 saturated carbocycles. The van der Waals surface area contributed by atoms with Crippen LogP contribution in [0.15, 0.2) is 34.9 Å². The number of H-pyrrole nitrogens is 2. The monoisotopic (exact) mass is 486 g/mol. The number of halogens is 4. The van der Waals surface area contributed by atoms with Gasteiger partial charge in [0.2, 0.25) is 0 Å². The minimum Gasteiger partial charge on any atom is -0.475 e. The SMILES string of the molecule is Brc1ccc(-c2cnc(CNC3CCc4n[nH]nc4C3)[nH]2)cc1.O=C(O)C(F)(F)F. The molecule has 4 N–H and O–H groups in total. The highest BCUT2D eigenvalue weighted by molar-refractivity contribution is 9.10. The third-order valence-electron chi connectivity index (χ3n) is 4.46. The third-order valence-corrected chi connectivity index (χ3v) is 4.99. The lowest BCUT2D eigenvalue weighted by molar-refractivity contribution is -0.192. The van der Waals surface area contributed by atoms with Gasteiger partial charge in [0, 0.05) is 16.9 Å². The second-order valence-corrected chi connectivity index (χ2v) is 7.51. The maximum Gasteiger partial charge on any atom is 0.490 e. The summed E-state index contributed by atoms with van der Waals surface area (Å²) in [6.45, 7) is 0.731. The van der Waals surface area contributed by atoms with Crippen molar-refractivity contribution in [2.75, 3.05) is 0 Å². The predicted octanol–water partition coefficient (Wildman–Crippen LogP) is 3.24. The minimum absolute atomic E-state index is 0.425. The smallest absolute Gasteiger partial charge is 0.475 e. The fourth-order valence-electron chi connectivity index (χ4n) is 2.93. The number of carboxylic acid groups (broad SMARTS) is 1. The molecule has 2 heterocycles. The standard InChI is InChI=1S/C16H17BrN6.C2HF3O2/c17-11-3-1-10(2-4-11)15-8-19-16(20-15)9-18-12-5-6-13-14(7-12)22-23-21-13;3-2(4,5)1(6)7/h1-4,8,12,18H,5-7,9H2,(H,19,20)(H,21,22,23);(H,6,7). The van der Waals surface area contributed by atoms with Gasteiger partial charge in [-0.1, -0.05) is 28.1 Å². The summed E-state index contributed by atoms with van der Waals surface area (Å²) in [5.41, 5.74) is 4.37. The molecule has 1 atom stereocenters. The van der Waals surface area contributed by atoms with Crippen molar-refractivity contribution in [1.29, 1.82) is 0 Å². The lowest BCUT2D eigenvalue weighted by Crippen LogP contribution is -2.34. The summed E-state index contributed by atoms with van der Waals surface area (Å²) in [6.07, 6.45) is -0.214. The fraction of sp³-hybridized carbons (Fsp3) is 0.333. The molecule has 1 aromatic carbocycles. The van der Waals surface area contributed by atoms with Crippen LogP contribution in [-0.2, 0) is 24.2 Å². The van der Waals surface area contributed by atoms with E-state index in [2.05, 4.69) is 58.8 Å². The number of carboxylic acids is 1. The molecule has 1 aliphatic carbocycles. The van der Waals surface area contributed by atoms with E-state index in [0.29, 0.717) is 6.04 Å². The molecular formula is C18H18BrF3N6O2. The maximum absolute atomic E-state index is 10.6. The first kappa shape index (κ1) is 22.0. The normalized spacial score (nSPS) is 15.8. The van der Waals surface area contributed by atoms with Gasteiger partial charge in [0.1, 0.15) is 5.82 Å². The Labute approximate surface area is 177 Å². The van der Waals surface area contributed by atoms with Gasteiger partial charge < -0.3 is 15.4 Å². The lowest BCUT2D eigenvalue weighted by atomic mass is 9.96. The molecule has 0 saturated heterocycles. The number of aryl methyl sites for hydroxylation is 1. The highest BCUT2D eigenvalue weighted by Gasteiger charge is 2.38. The molecule has 1 aliphatic rings. The van der Waals surface area contributed by atoms with Crippen molar-refractivity contribution < 1.29 is 23.1 Å². The number of benzene rings is 1. The Morgan fingerprint density at radius 1 is 1.23 bits per heavy atom. The predicted molar refractivity (Wildman–Crippen MR) is 104 cm³/mol. The highest BCUT2D eigenvalue weighted by atomic mass is 79.9. The summed E-state index contributed by atoms with van der Waals surface area (Å²) in [4.78, 5) is 16.7. The number of hydrogen-bond donors (Lipinski definition) is 4. The molecule has 3 aromatic rings. The van der Waals surface area contributed by atoms with Gasteiger partial charge in [-0.05, 0) is 30.5 Å². The number of fused-ring (bicyclic) bond motifs is 1. The minimum atomic E-state index is -5.08. The number of aromatic amines is 2. The van der Waals surface area contributed by atoms with E-state index in [1.165, 1.54) is 0 Å². The van der Waals surface area contributed by atoms with Crippen LogP contribution < -0.4 is 5.32 Å². The average Bonchev–Trinajstić information content (AvgIpc) is 3.35. The first-order chi connectivity index (χ1) is 14.2. The summed E-state index contributed by atoms with van der Waals surface area (Å²) >= 11 is 3.45. The summed E-state index contributed by atoms with van der Waals surface area (Å²) in [5.74, 6) is -1.80. The molecule has 12 heteroatoms. The van der Waals surface area contributed by atoms with Crippen molar-refractivity contribution in [3.8, 4) is 11.3 Å². The highest BCUT2D eigenvalue weighted by Crippen LogP contribution is 2.21. The summed E-state index contributed by atoms with van der Waals surface area (Å²) in [7, 11) is 0. The van der Waals surface area contributed by atoms with Gasteiger partial charge in [0.15, 0.2) is 0 Å². The van der Waals surface area contributed by atoms with Crippen LogP contribution in [0, 0.1) is 0 Å². The number of carbonyl (C=O) groups is 1. The lowest BCUT2D eigenvalue weighted by Gasteiger charge is -2.21. The molecule has 30 heavy (non-hydrogen) atoms. The molecular weight excluding hydrogens is 469 g/mol. The molecule has 0 amide bonds. The van der Waals surface area contributed by atoms with Gasteiger partial charge in [-0.25, -0.2) is 9.78 Å². The van der Waals surface area contributed by atoms with Crippen LogP contribution in [0.1, 0.15) is 23.6 Å². The molecule has 4 rings (SSSR count). The van der Waals surface area contributed by atoms with E-state index < -0.39 is 12.1 Å². The first-order valence-electron chi connectivity index (χ1n) is 8.94. The van der Waals surface area contributed by atoms with Crippen LogP contribution in [0.25, 0.3) is 11.3 Å². The van der Waals surface area contributed by atoms with Crippen LogP contribution in [0.3, 0.4) is 0 Å². The summed E-state index contributed by atoms with van der Waals surface area (Å²) in [6, 6.07) is 8.63. The number of nitrogens with zero attached hydrogens (tertiary/aromatic N) is 3. The van der Waals surface area contributed by atoms with Gasteiger partial charge in [0.05, 0.1) is 29.8 Å². The van der Waals surface area contributed by atoms with Gasteiger partial charge in [-0.3, -0.25) is 0 Å². The van der Waals surface area contributed by atoms with E-state index in [4.69, 9.17) is 9.90 Å². The van der Waals surface area contributed by atoms with Crippen LogP contribution in [0.4, 0.5) is 13.2 Å². The maximum atomic E-state index is 10.6. The molecule has 8 nitrogen and oxygen atoms in total. The van der Waals surface area contributed by atoms with Crippen molar-refractivity contribution >= 4 is 21.9 Å². The molecule has 0 spiro atoms. The zero-order valence-electron chi connectivity index (χ0n) is 15.5. The Hall–Kier alpha value is -2.73. The Bertz CT molecular complexity index is 986. The molecule has 2 aromatic heterocycles. The molecule has 0 fully saturated rings. The number of rotatable bonds is 4. The number of hydrogen-bond acceptors (Lipinski definition) is 5. The second-order valence-electron chi connectivity index (χ2n) is 6.59. The van der Waals surface area contributed by atoms with Crippen molar-refractivity contribution in [2.24, 2.45) is 0 Å². The van der Waals surface area contributed by atoms with E-state index >= 15 is 0 Å². The molecule has 0 radical (unpaired) electrons. The second kappa shape index (κ2) is 9.39. The largest absolute Gasteiger partial charge is 0.490 e. The van der Waals surface area contributed by atoms with Crippen LogP contribution in [0.2, 0.25) is 0 Å². The number of alkyl halides is 3. The summed E-state index contributed by atoms with van der Waals surface area (Å²) in [5, 5.41) is 21.8. The topological polar surface area (TPSA) is 120 Å². The average molecular weight is 487 g/mol.